The molecule has 1 aliphatic rings. The fraction of sp³-hybridized carbons (Fsp3) is 0.286. The van der Waals surface area contributed by atoms with Gasteiger partial charge in [-0.1, -0.05) is 6.07 Å². The highest BCUT2D eigenvalue weighted by Gasteiger charge is 2.24. The van der Waals surface area contributed by atoms with Gasteiger partial charge in [-0.05, 0) is 12.1 Å². The smallest absolute Gasteiger partial charge is 0.267 e. The van der Waals surface area contributed by atoms with Crippen LogP contribution >= 0.6 is 0 Å². The summed E-state index contributed by atoms with van der Waals surface area (Å²) >= 11 is 0. The standard InChI is InChI=1S/C14H14F2N4O3S/c15-11-2-1-3-12(16)13(11)24(21,22)19-10-8-17-14(18-9-10)20-4-6-23-7-5-20/h1-3,8-9,19H,4-7H2. The molecule has 1 saturated heterocycles. The van der Waals surface area contributed by atoms with Gasteiger partial charge >= 0.3 is 0 Å². The molecule has 0 aliphatic carbocycles. The number of ether oxygens (including phenoxy) is 1. The van der Waals surface area contributed by atoms with Crippen molar-refractivity contribution < 1.29 is 21.9 Å². The Morgan fingerprint density at radius 3 is 2.25 bits per heavy atom. The minimum Gasteiger partial charge on any atom is -0.378 e. The number of sulfonamides is 1. The van der Waals surface area contributed by atoms with Gasteiger partial charge < -0.3 is 9.64 Å². The molecule has 0 radical (unpaired) electrons. The second-order valence-electron chi connectivity index (χ2n) is 5.03. The highest BCUT2D eigenvalue weighted by atomic mass is 32.2. The van der Waals surface area contributed by atoms with Crippen molar-refractivity contribution in [3.63, 3.8) is 0 Å². The van der Waals surface area contributed by atoms with Crippen molar-refractivity contribution in [2.75, 3.05) is 35.9 Å². The fourth-order valence-electron chi connectivity index (χ4n) is 2.25. The molecule has 0 bridgehead atoms. The van der Waals surface area contributed by atoms with E-state index in [2.05, 4.69) is 14.7 Å². The second kappa shape index (κ2) is 6.65. The lowest BCUT2D eigenvalue weighted by Gasteiger charge is -2.26. The zero-order valence-corrected chi connectivity index (χ0v) is 13.3. The maximum atomic E-state index is 13.6. The maximum absolute atomic E-state index is 13.6. The number of hydrogen-bond acceptors (Lipinski definition) is 6. The van der Waals surface area contributed by atoms with E-state index < -0.39 is 26.6 Å². The minimum atomic E-state index is -4.43. The monoisotopic (exact) mass is 356 g/mol. The van der Waals surface area contributed by atoms with Gasteiger partial charge in [0.1, 0.15) is 11.6 Å². The average molecular weight is 356 g/mol. The normalized spacial score (nSPS) is 15.3. The Labute approximate surface area is 137 Å². The summed E-state index contributed by atoms with van der Waals surface area (Å²) in [5.74, 6) is -1.92. The van der Waals surface area contributed by atoms with Crippen LogP contribution in [0.25, 0.3) is 0 Å². The van der Waals surface area contributed by atoms with Crippen LogP contribution < -0.4 is 9.62 Å². The number of benzene rings is 1. The lowest BCUT2D eigenvalue weighted by atomic mass is 10.3. The average Bonchev–Trinajstić information content (AvgIpc) is 2.55. The molecule has 0 spiro atoms. The number of rotatable bonds is 4. The topological polar surface area (TPSA) is 84.4 Å². The summed E-state index contributed by atoms with van der Waals surface area (Å²) in [6.45, 7) is 2.38. The summed E-state index contributed by atoms with van der Waals surface area (Å²) in [5.41, 5.74) is 0.00895. The number of morpholine rings is 1. The van der Waals surface area contributed by atoms with Gasteiger partial charge in [0, 0.05) is 13.1 Å². The first-order chi connectivity index (χ1) is 11.5. The predicted octanol–water partition coefficient (Wildman–Crippen LogP) is 1.39. The molecule has 7 nitrogen and oxygen atoms in total. The molecule has 2 heterocycles. The first-order valence-electron chi connectivity index (χ1n) is 7.09. The van der Waals surface area contributed by atoms with Gasteiger partial charge in [0.15, 0.2) is 4.90 Å². The van der Waals surface area contributed by atoms with Crippen molar-refractivity contribution in [2.45, 2.75) is 4.90 Å². The Bertz CT molecular complexity index is 804. The Morgan fingerprint density at radius 1 is 1.08 bits per heavy atom. The van der Waals surface area contributed by atoms with E-state index >= 15 is 0 Å². The molecule has 0 atom stereocenters. The van der Waals surface area contributed by atoms with Crippen molar-refractivity contribution in [3.8, 4) is 0 Å². The van der Waals surface area contributed by atoms with E-state index in [1.807, 2.05) is 4.90 Å². The predicted molar refractivity (Wildman–Crippen MR) is 82.2 cm³/mol. The lowest BCUT2D eigenvalue weighted by molar-refractivity contribution is 0.122. The number of nitrogens with zero attached hydrogens (tertiary/aromatic N) is 3. The van der Waals surface area contributed by atoms with Crippen LogP contribution in [0.15, 0.2) is 35.5 Å². The third kappa shape index (κ3) is 3.44. The van der Waals surface area contributed by atoms with Gasteiger partial charge in [0.05, 0.1) is 31.3 Å². The van der Waals surface area contributed by atoms with Gasteiger partial charge in [-0.2, -0.15) is 0 Å². The molecule has 24 heavy (non-hydrogen) atoms. The summed E-state index contributed by atoms with van der Waals surface area (Å²) < 4.78 is 58.9. The number of hydrogen-bond donors (Lipinski definition) is 1. The molecular formula is C14H14F2N4O3S. The summed E-state index contributed by atoms with van der Waals surface area (Å²) in [6, 6.07) is 2.83. The molecule has 2 aromatic rings. The van der Waals surface area contributed by atoms with Gasteiger partial charge in [-0.25, -0.2) is 27.2 Å². The SMILES string of the molecule is O=S(=O)(Nc1cnc(N2CCOCC2)nc1)c1c(F)cccc1F. The van der Waals surface area contributed by atoms with Gasteiger partial charge in [-0.15, -0.1) is 0 Å². The Kier molecular flexibility index (Phi) is 4.58. The first kappa shape index (κ1) is 16.5. The molecule has 0 unspecified atom stereocenters. The first-order valence-corrected chi connectivity index (χ1v) is 8.57. The molecule has 0 amide bonds. The summed E-state index contributed by atoms with van der Waals surface area (Å²) in [5, 5.41) is 0. The third-order valence-electron chi connectivity index (χ3n) is 3.37. The van der Waals surface area contributed by atoms with Crippen LogP contribution in [0, 0.1) is 11.6 Å². The van der Waals surface area contributed by atoms with Crippen LogP contribution in [0.4, 0.5) is 20.4 Å². The number of nitrogens with one attached hydrogen (secondary N) is 1. The maximum Gasteiger partial charge on any atom is 0.267 e. The highest BCUT2D eigenvalue weighted by Crippen LogP contribution is 2.21. The fourth-order valence-corrected chi connectivity index (χ4v) is 3.41. The van der Waals surface area contributed by atoms with Crippen LogP contribution in [-0.4, -0.2) is 44.7 Å². The van der Waals surface area contributed by atoms with Gasteiger partial charge in [-0.3, -0.25) is 4.72 Å². The Morgan fingerprint density at radius 2 is 1.67 bits per heavy atom. The summed E-state index contributed by atoms with van der Waals surface area (Å²) in [7, 11) is -4.43. The quantitative estimate of drug-likeness (QED) is 0.891. The zero-order valence-electron chi connectivity index (χ0n) is 12.4. The molecule has 0 saturated carbocycles. The molecule has 128 valence electrons. The number of anilines is 2. The molecule has 1 fully saturated rings. The molecule has 1 N–H and O–H groups in total. The van der Waals surface area contributed by atoms with Crippen LogP contribution in [0.5, 0.6) is 0 Å². The number of aromatic nitrogens is 2. The van der Waals surface area contributed by atoms with E-state index in [0.29, 0.717) is 32.3 Å². The highest BCUT2D eigenvalue weighted by molar-refractivity contribution is 7.92. The van der Waals surface area contributed by atoms with Crippen molar-refractivity contribution in [2.24, 2.45) is 0 Å². The molecule has 1 aliphatic heterocycles. The Balaban J connectivity index is 1.80. The van der Waals surface area contributed by atoms with Crippen molar-refractivity contribution >= 4 is 21.7 Å². The lowest BCUT2D eigenvalue weighted by Crippen LogP contribution is -2.37. The van der Waals surface area contributed by atoms with E-state index in [-0.39, 0.29) is 5.69 Å². The van der Waals surface area contributed by atoms with Crippen LogP contribution in [0.3, 0.4) is 0 Å². The van der Waals surface area contributed by atoms with E-state index in [0.717, 1.165) is 18.2 Å². The summed E-state index contributed by atoms with van der Waals surface area (Å²) in [6.07, 6.45) is 2.49. The zero-order chi connectivity index (χ0) is 17.2. The Hall–Kier alpha value is -2.33. The molecule has 1 aromatic heterocycles. The molecule has 3 rings (SSSR count). The van der Waals surface area contributed by atoms with Crippen molar-refractivity contribution in [3.05, 3.63) is 42.2 Å². The van der Waals surface area contributed by atoms with Crippen LogP contribution in [0.1, 0.15) is 0 Å². The van der Waals surface area contributed by atoms with Gasteiger partial charge in [0.25, 0.3) is 10.0 Å². The van der Waals surface area contributed by atoms with Gasteiger partial charge in [0.2, 0.25) is 5.95 Å². The third-order valence-corrected chi connectivity index (χ3v) is 4.80. The van der Waals surface area contributed by atoms with E-state index in [4.69, 9.17) is 4.74 Å². The van der Waals surface area contributed by atoms with E-state index in [9.17, 15) is 17.2 Å². The molecular weight excluding hydrogens is 342 g/mol. The van der Waals surface area contributed by atoms with Crippen molar-refractivity contribution in [1.29, 1.82) is 0 Å². The van der Waals surface area contributed by atoms with E-state index in [1.165, 1.54) is 12.4 Å². The summed E-state index contributed by atoms with van der Waals surface area (Å²) in [4.78, 5) is 8.99. The molecule has 10 heteroatoms. The number of halogens is 2. The molecule has 1 aromatic carbocycles. The van der Waals surface area contributed by atoms with Crippen molar-refractivity contribution in [1.82, 2.24) is 9.97 Å². The van der Waals surface area contributed by atoms with E-state index in [1.54, 1.807) is 0 Å². The minimum absolute atomic E-state index is 0.00895. The second-order valence-corrected chi connectivity index (χ2v) is 6.65. The van der Waals surface area contributed by atoms with Crippen LogP contribution in [-0.2, 0) is 14.8 Å². The van der Waals surface area contributed by atoms with Crippen LogP contribution in [0.2, 0.25) is 0 Å². The largest absolute Gasteiger partial charge is 0.378 e.